The van der Waals surface area contributed by atoms with E-state index in [0.29, 0.717) is 22.2 Å². The highest BCUT2D eigenvalue weighted by molar-refractivity contribution is 7.94. The van der Waals surface area contributed by atoms with E-state index in [1.165, 1.54) is 24.2 Å². The number of ether oxygens (including phenoxy) is 2. The van der Waals surface area contributed by atoms with Crippen LogP contribution in [0.15, 0.2) is 53.9 Å². The van der Waals surface area contributed by atoms with E-state index in [1.54, 1.807) is 36.4 Å². The van der Waals surface area contributed by atoms with E-state index in [2.05, 4.69) is 0 Å². The van der Waals surface area contributed by atoms with Crippen LogP contribution >= 0.6 is 23.2 Å². The van der Waals surface area contributed by atoms with Gasteiger partial charge in [0.25, 0.3) is 5.91 Å². The number of anilines is 1. The summed E-state index contributed by atoms with van der Waals surface area (Å²) in [5.74, 6) is 0.327. The number of hydrogen-bond acceptors (Lipinski definition) is 5. The van der Waals surface area contributed by atoms with E-state index in [9.17, 15) is 13.2 Å². The van der Waals surface area contributed by atoms with Gasteiger partial charge in [-0.2, -0.15) is 0 Å². The maximum absolute atomic E-state index is 12.9. The third kappa shape index (κ3) is 4.79. The number of nitrogens with zero attached hydrogens (tertiary/aromatic N) is 1. The molecule has 2 aromatic rings. The molecule has 1 atom stereocenters. The maximum atomic E-state index is 12.9. The zero-order chi connectivity index (χ0) is 20.3. The van der Waals surface area contributed by atoms with E-state index in [4.69, 9.17) is 32.7 Å². The molecule has 0 saturated heterocycles. The van der Waals surface area contributed by atoms with Crippen molar-refractivity contribution in [1.82, 2.24) is 0 Å². The van der Waals surface area contributed by atoms with Gasteiger partial charge in [-0.25, -0.2) is 8.42 Å². The number of benzene rings is 2. The van der Waals surface area contributed by atoms with Crippen molar-refractivity contribution in [2.45, 2.75) is 6.04 Å². The number of halogens is 2. The summed E-state index contributed by atoms with van der Waals surface area (Å²) in [5.41, 5.74) is 0.531. The molecule has 0 fully saturated rings. The predicted octanol–water partition coefficient (Wildman–Crippen LogP) is 3.72. The van der Waals surface area contributed by atoms with Gasteiger partial charge in [-0.1, -0.05) is 23.2 Å². The van der Waals surface area contributed by atoms with Crippen molar-refractivity contribution < 1.29 is 22.7 Å². The van der Waals surface area contributed by atoms with Crippen LogP contribution in [0.2, 0.25) is 10.0 Å². The average molecular weight is 442 g/mol. The highest BCUT2D eigenvalue weighted by Crippen LogP contribution is 2.29. The molecule has 2 aromatic carbocycles. The fraction of sp³-hybridized carbons (Fsp3) is 0.211. The van der Waals surface area contributed by atoms with Gasteiger partial charge >= 0.3 is 0 Å². The van der Waals surface area contributed by atoms with Gasteiger partial charge in [0.05, 0.1) is 23.9 Å². The van der Waals surface area contributed by atoms with Crippen molar-refractivity contribution in [3.8, 4) is 11.5 Å². The molecule has 0 N–H and O–H groups in total. The molecule has 0 aromatic heterocycles. The van der Waals surface area contributed by atoms with Gasteiger partial charge in [0.15, 0.2) is 16.4 Å². The Kier molecular flexibility index (Phi) is 6.17. The fourth-order valence-electron chi connectivity index (χ4n) is 2.78. The minimum absolute atomic E-state index is 0.188. The molecule has 0 spiro atoms. The Morgan fingerprint density at radius 3 is 2.46 bits per heavy atom. The van der Waals surface area contributed by atoms with E-state index < -0.39 is 21.8 Å². The van der Waals surface area contributed by atoms with Crippen LogP contribution in [0.4, 0.5) is 5.69 Å². The van der Waals surface area contributed by atoms with Crippen LogP contribution in [0.5, 0.6) is 11.5 Å². The largest absolute Gasteiger partial charge is 0.497 e. The second kappa shape index (κ2) is 8.43. The van der Waals surface area contributed by atoms with Crippen LogP contribution < -0.4 is 14.4 Å². The predicted molar refractivity (Wildman–Crippen MR) is 109 cm³/mol. The molecule has 3 rings (SSSR count). The summed E-state index contributed by atoms with van der Waals surface area (Å²) in [6.07, 6.45) is 1.49. The lowest BCUT2D eigenvalue weighted by Crippen LogP contribution is -2.43. The molecular weight excluding hydrogens is 425 g/mol. The first-order valence-electron chi connectivity index (χ1n) is 8.24. The molecule has 1 aliphatic heterocycles. The van der Waals surface area contributed by atoms with Gasteiger partial charge in [0, 0.05) is 16.1 Å². The lowest BCUT2D eigenvalue weighted by molar-refractivity contribution is -0.120. The average Bonchev–Trinajstić information content (AvgIpc) is 3.01. The minimum atomic E-state index is -3.35. The first kappa shape index (κ1) is 20.5. The third-order valence-electron chi connectivity index (χ3n) is 4.11. The van der Waals surface area contributed by atoms with E-state index in [0.717, 1.165) is 5.41 Å². The van der Waals surface area contributed by atoms with Gasteiger partial charge < -0.3 is 14.4 Å². The van der Waals surface area contributed by atoms with E-state index in [-0.39, 0.29) is 17.4 Å². The number of rotatable bonds is 6. The van der Waals surface area contributed by atoms with Crippen LogP contribution in [0.3, 0.4) is 0 Å². The van der Waals surface area contributed by atoms with Gasteiger partial charge in [0.2, 0.25) is 0 Å². The van der Waals surface area contributed by atoms with Crippen LogP contribution in [-0.2, 0) is 14.6 Å². The molecular formula is C19H17Cl2NO5S. The number of sulfone groups is 1. The smallest absolute Gasteiger partial charge is 0.265 e. The Bertz CT molecular complexity index is 1010. The SMILES string of the molecule is COc1ccc(N(C(=O)COc2ccc(Cl)cc2Cl)C2C=CS(=O)(=O)C2)cc1. The summed E-state index contributed by atoms with van der Waals surface area (Å²) in [7, 11) is -1.81. The number of hydrogen-bond donors (Lipinski definition) is 0. The lowest BCUT2D eigenvalue weighted by atomic mass is 10.2. The Morgan fingerprint density at radius 1 is 1.18 bits per heavy atom. The molecule has 1 unspecified atom stereocenters. The van der Waals surface area contributed by atoms with Crippen molar-refractivity contribution in [2.75, 3.05) is 24.4 Å². The van der Waals surface area contributed by atoms with Gasteiger partial charge in [0.1, 0.15) is 11.5 Å². The molecule has 0 bridgehead atoms. The first-order chi connectivity index (χ1) is 13.3. The summed E-state index contributed by atoms with van der Waals surface area (Å²) in [4.78, 5) is 14.3. The minimum Gasteiger partial charge on any atom is -0.497 e. The lowest BCUT2D eigenvalue weighted by Gasteiger charge is -2.28. The van der Waals surface area contributed by atoms with Crippen molar-refractivity contribution in [3.05, 3.63) is 64.0 Å². The topological polar surface area (TPSA) is 72.9 Å². The summed E-state index contributed by atoms with van der Waals surface area (Å²) in [6.45, 7) is -0.322. The third-order valence-corrected chi connectivity index (χ3v) is 6.02. The zero-order valence-electron chi connectivity index (χ0n) is 14.8. The van der Waals surface area contributed by atoms with E-state index >= 15 is 0 Å². The fourth-order valence-corrected chi connectivity index (χ4v) is 4.52. The van der Waals surface area contributed by atoms with Crippen molar-refractivity contribution in [3.63, 3.8) is 0 Å². The molecule has 6 nitrogen and oxygen atoms in total. The normalized spacial score (nSPS) is 17.3. The molecule has 0 saturated carbocycles. The van der Waals surface area contributed by atoms with Crippen molar-refractivity contribution >= 4 is 44.6 Å². The molecule has 148 valence electrons. The van der Waals surface area contributed by atoms with Crippen LogP contribution in [-0.4, -0.2) is 39.8 Å². The second-order valence-corrected chi connectivity index (χ2v) is 8.83. The Labute approximate surface area is 173 Å². The quantitative estimate of drug-likeness (QED) is 0.682. The Morgan fingerprint density at radius 2 is 1.89 bits per heavy atom. The maximum Gasteiger partial charge on any atom is 0.265 e. The highest BCUT2D eigenvalue weighted by atomic mass is 35.5. The number of methoxy groups -OCH3 is 1. The first-order valence-corrected chi connectivity index (χ1v) is 10.7. The van der Waals surface area contributed by atoms with Crippen molar-refractivity contribution in [2.24, 2.45) is 0 Å². The van der Waals surface area contributed by atoms with Crippen LogP contribution in [0, 0.1) is 0 Å². The standard InChI is InChI=1S/C19H17Cl2NO5S/c1-26-16-5-3-14(4-6-16)22(15-8-9-28(24,25)12-15)19(23)11-27-18-7-2-13(20)10-17(18)21/h2-10,15H,11-12H2,1H3. The molecule has 1 aliphatic rings. The van der Waals surface area contributed by atoms with Crippen LogP contribution in [0.25, 0.3) is 0 Å². The number of amides is 1. The van der Waals surface area contributed by atoms with Crippen molar-refractivity contribution in [1.29, 1.82) is 0 Å². The molecule has 0 radical (unpaired) electrons. The molecule has 28 heavy (non-hydrogen) atoms. The van der Waals surface area contributed by atoms with Crippen LogP contribution in [0.1, 0.15) is 0 Å². The van der Waals surface area contributed by atoms with Gasteiger partial charge in [-0.3, -0.25) is 4.79 Å². The van der Waals surface area contributed by atoms with E-state index in [1.807, 2.05) is 0 Å². The molecule has 1 amide bonds. The summed E-state index contributed by atoms with van der Waals surface area (Å²) >= 11 is 11.9. The Hall–Kier alpha value is -2.22. The molecule has 1 heterocycles. The molecule has 0 aliphatic carbocycles. The highest BCUT2D eigenvalue weighted by Gasteiger charge is 2.31. The van der Waals surface area contributed by atoms with Gasteiger partial charge in [-0.05, 0) is 48.5 Å². The van der Waals surface area contributed by atoms with Gasteiger partial charge in [-0.15, -0.1) is 0 Å². The summed E-state index contributed by atoms with van der Waals surface area (Å²) in [5, 5.41) is 1.85. The number of carbonyl (C=O) groups is 1. The summed E-state index contributed by atoms with van der Waals surface area (Å²) in [6, 6.07) is 10.8. The second-order valence-electron chi connectivity index (χ2n) is 6.05. The Balaban J connectivity index is 1.83. The molecule has 9 heteroatoms. The summed E-state index contributed by atoms with van der Waals surface area (Å²) < 4.78 is 34.4. The number of carbonyl (C=O) groups excluding carboxylic acids is 1. The monoisotopic (exact) mass is 441 g/mol. The zero-order valence-corrected chi connectivity index (χ0v) is 17.2.